The van der Waals surface area contributed by atoms with Gasteiger partial charge >= 0.3 is 5.97 Å². The molecule has 0 spiro atoms. The average Bonchev–Trinajstić information content (AvgIpc) is 2.40. The predicted molar refractivity (Wildman–Crippen MR) is 75.9 cm³/mol. The molecule has 0 aliphatic rings. The van der Waals surface area contributed by atoms with Crippen LogP contribution < -0.4 is 10.1 Å². The number of carbonyl (C=O) groups is 2. The number of aryl methyl sites for hydroxylation is 1. The lowest BCUT2D eigenvalue weighted by Gasteiger charge is -2.24. The van der Waals surface area contributed by atoms with Gasteiger partial charge in [-0.05, 0) is 37.5 Å². The van der Waals surface area contributed by atoms with Gasteiger partial charge in [0.05, 0.1) is 13.5 Å². The van der Waals surface area contributed by atoms with Crippen molar-refractivity contribution in [1.29, 1.82) is 0 Å². The van der Waals surface area contributed by atoms with Crippen LogP contribution in [-0.4, -0.2) is 29.6 Å². The van der Waals surface area contributed by atoms with Gasteiger partial charge in [0.15, 0.2) is 0 Å². The minimum absolute atomic E-state index is 0.125. The fourth-order valence-corrected chi connectivity index (χ4v) is 1.80. The van der Waals surface area contributed by atoms with E-state index in [1.165, 1.54) is 6.92 Å². The molecule has 0 saturated heterocycles. The van der Waals surface area contributed by atoms with Crippen LogP contribution >= 0.6 is 0 Å². The van der Waals surface area contributed by atoms with Crippen LogP contribution in [0, 0.1) is 6.92 Å². The van der Waals surface area contributed by atoms with E-state index in [0.717, 1.165) is 11.1 Å². The van der Waals surface area contributed by atoms with Gasteiger partial charge in [0.25, 0.3) is 0 Å². The highest BCUT2D eigenvalue weighted by Crippen LogP contribution is 2.19. The first-order valence-electron chi connectivity index (χ1n) is 6.50. The van der Waals surface area contributed by atoms with Crippen LogP contribution in [0.15, 0.2) is 18.2 Å². The zero-order valence-corrected chi connectivity index (χ0v) is 12.3. The maximum absolute atomic E-state index is 12.0. The topological polar surface area (TPSA) is 75.6 Å². The molecule has 1 aromatic carbocycles. The molecule has 0 fully saturated rings. The molecule has 1 atom stereocenters. The van der Waals surface area contributed by atoms with Crippen molar-refractivity contribution in [2.75, 3.05) is 7.11 Å². The highest BCUT2D eigenvalue weighted by atomic mass is 16.5. The number of methoxy groups -OCH3 is 1. The molecule has 1 aromatic rings. The molecule has 0 aliphatic carbocycles. The van der Waals surface area contributed by atoms with Gasteiger partial charge in [0.2, 0.25) is 5.91 Å². The van der Waals surface area contributed by atoms with Crippen LogP contribution in [0.5, 0.6) is 5.75 Å². The smallest absolute Gasteiger partial charge is 0.329 e. The van der Waals surface area contributed by atoms with Crippen LogP contribution in [0.25, 0.3) is 0 Å². The molecule has 0 heterocycles. The molecule has 0 saturated carbocycles. The van der Waals surface area contributed by atoms with Crippen molar-refractivity contribution in [2.45, 2.75) is 39.2 Å². The Kier molecular flexibility index (Phi) is 5.13. The van der Waals surface area contributed by atoms with Gasteiger partial charge in [-0.3, -0.25) is 4.79 Å². The summed E-state index contributed by atoms with van der Waals surface area (Å²) in [5, 5.41) is 11.7. The van der Waals surface area contributed by atoms with Crippen molar-refractivity contribution >= 4 is 11.9 Å². The Hall–Kier alpha value is -2.04. The fourth-order valence-electron chi connectivity index (χ4n) is 1.80. The van der Waals surface area contributed by atoms with Crippen LogP contribution in [0.2, 0.25) is 0 Å². The number of benzene rings is 1. The molecule has 0 bridgehead atoms. The zero-order chi connectivity index (χ0) is 15.3. The molecule has 2 N–H and O–H groups in total. The SMILES string of the molecule is CCC(C)(NC(=O)Cc1ccc(C)c(OC)c1)C(=O)O. The molecule has 1 amide bonds. The quantitative estimate of drug-likeness (QED) is 0.834. The van der Waals surface area contributed by atoms with Crippen LogP contribution in [0.4, 0.5) is 0 Å². The monoisotopic (exact) mass is 279 g/mol. The van der Waals surface area contributed by atoms with Crippen molar-refractivity contribution in [3.8, 4) is 5.75 Å². The van der Waals surface area contributed by atoms with Gasteiger partial charge in [0.1, 0.15) is 11.3 Å². The summed E-state index contributed by atoms with van der Waals surface area (Å²) in [6.07, 6.45) is 0.449. The first kappa shape index (κ1) is 16.0. The normalized spacial score (nSPS) is 13.4. The summed E-state index contributed by atoms with van der Waals surface area (Å²) in [5.41, 5.74) is 0.542. The molecule has 20 heavy (non-hydrogen) atoms. The lowest BCUT2D eigenvalue weighted by molar-refractivity contribution is -0.146. The number of ether oxygens (including phenoxy) is 1. The molecule has 5 heteroatoms. The Bertz CT molecular complexity index is 513. The summed E-state index contributed by atoms with van der Waals surface area (Å²) in [4.78, 5) is 23.1. The van der Waals surface area contributed by atoms with Gasteiger partial charge in [0, 0.05) is 0 Å². The van der Waals surface area contributed by atoms with E-state index in [9.17, 15) is 9.59 Å². The van der Waals surface area contributed by atoms with Crippen molar-refractivity contribution < 1.29 is 19.4 Å². The fraction of sp³-hybridized carbons (Fsp3) is 0.467. The molecular weight excluding hydrogens is 258 g/mol. The van der Waals surface area contributed by atoms with Crippen molar-refractivity contribution in [1.82, 2.24) is 5.32 Å². The van der Waals surface area contributed by atoms with E-state index in [-0.39, 0.29) is 12.3 Å². The number of carboxylic acids is 1. The van der Waals surface area contributed by atoms with Crippen molar-refractivity contribution in [3.05, 3.63) is 29.3 Å². The molecule has 1 rings (SSSR count). The summed E-state index contributed by atoms with van der Waals surface area (Å²) < 4.78 is 5.20. The number of aliphatic carboxylic acids is 1. The van der Waals surface area contributed by atoms with E-state index >= 15 is 0 Å². The maximum Gasteiger partial charge on any atom is 0.329 e. The Morgan fingerprint density at radius 3 is 2.55 bits per heavy atom. The van der Waals surface area contributed by atoms with Crippen LogP contribution in [-0.2, 0) is 16.0 Å². The van der Waals surface area contributed by atoms with Gasteiger partial charge in [-0.2, -0.15) is 0 Å². The molecule has 1 unspecified atom stereocenters. The highest BCUT2D eigenvalue weighted by molar-refractivity contribution is 5.87. The molecule has 5 nitrogen and oxygen atoms in total. The maximum atomic E-state index is 12.0. The van der Waals surface area contributed by atoms with Gasteiger partial charge < -0.3 is 15.2 Å². The molecular formula is C15H21NO4. The largest absolute Gasteiger partial charge is 0.496 e. The van der Waals surface area contributed by atoms with Crippen molar-refractivity contribution in [3.63, 3.8) is 0 Å². The summed E-state index contributed by atoms with van der Waals surface area (Å²) in [5.74, 6) is -0.635. The Morgan fingerprint density at radius 1 is 1.40 bits per heavy atom. The first-order valence-corrected chi connectivity index (χ1v) is 6.50. The number of carboxylic acid groups (broad SMARTS) is 1. The number of amides is 1. The van der Waals surface area contributed by atoms with Gasteiger partial charge in [-0.1, -0.05) is 19.1 Å². The van der Waals surface area contributed by atoms with E-state index in [1.54, 1.807) is 20.1 Å². The number of carbonyl (C=O) groups excluding carboxylic acids is 1. The summed E-state index contributed by atoms with van der Waals surface area (Å²) in [6.45, 7) is 5.15. The number of nitrogens with one attached hydrogen (secondary N) is 1. The third-order valence-electron chi connectivity index (χ3n) is 3.43. The van der Waals surface area contributed by atoms with Crippen LogP contribution in [0.3, 0.4) is 0 Å². The summed E-state index contributed by atoms with van der Waals surface area (Å²) >= 11 is 0. The first-order chi connectivity index (χ1) is 9.32. The number of hydrogen-bond donors (Lipinski definition) is 2. The van der Waals surface area contributed by atoms with Crippen LogP contribution in [0.1, 0.15) is 31.4 Å². The second-order valence-electron chi connectivity index (χ2n) is 5.02. The van der Waals surface area contributed by atoms with E-state index in [1.807, 2.05) is 19.1 Å². The molecule has 110 valence electrons. The van der Waals surface area contributed by atoms with Gasteiger partial charge in [-0.15, -0.1) is 0 Å². The zero-order valence-electron chi connectivity index (χ0n) is 12.3. The molecule has 0 aromatic heterocycles. The predicted octanol–water partition coefficient (Wildman–Crippen LogP) is 1.92. The highest BCUT2D eigenvalue weighted by Gasteiger charge is 2.32. The van der Waals surface area contributed by atoms with Crippen molar-refractivity contribution in [2.24, 2.45) is 0 Å². The van der Waals surface area contributed by atoms with E-state index in [4.69, 9.17) is 9.84 Å². The lowest BCUT2D eigenvalue weighted by atomic mass is 9.98. The van der Waals surface area contributed by atoms with E-state index < -0.39 is 11.5 Å². The minimum atomic E-state index is -1.23. The third kappa shape index (κ3) is 3.73. The van der Waals surface area contributed by atoms with Gasteiger partial charge in [-0.25, -0.2) is 4.79 Å². The second-order valence-corrected chi connectivity index (χ2v) is 5.02. The molecule has 0 aliphatic heterocycles. The Labute approximate surface area is 118 Å². The Morgan fingerprint density at radius 2 is 2.05 bits per heavy atom. The minimum Gasteiger partial charge on any atom is -0.496 e. The lowest BCUT2D eigenvalue weighted by Crippen LogP contribution is -2.52. The Balaban J connectivity index is 2.79. The summed E-state index contributed by atoms with van der Waals surface area (Å²) in [7, 11) is 1.57. The van der Waals surface area contributed by atoms with E-state index in [2.05, 4.69) is 5.32 Å². The summed E-state index contributed by atoms with van der Waals surface area (Å²) in [6, 6.07) is 5.50. The standard InChI is InChI=1S/C15H21NO4/c1-5-15(3,14(18)19)16-13(17)9-11-7-6-10(2)12(8-11)20-4/h6-8H,5,9H2,1-4H3,(H,16,17)(H,18,19). The van der Waals surface area contributed by atoms with E-state index in [0.29, 0.717) is 12.2 Å². The molecule has 0 radical (unpaired) electrons. The number of rotatable bonds is 6. The number of hydrogen-bond acceptors (Lipinski definition) is 3. The average molecular weight is 279 g/mol. The third-order valence-corrected chi connectivity index (χ3v) is 3.43. The second kappa shape index (κ2) is 6.41.